The van der Waals surface area contributed by atoms with Crippen LogP contribution in [0.15, 0.2) is 4.34 Å². The first kappa shape index (κ1) is 16.4. The molecule has 0 aromatic carbocycles. The van der Waals surface area contributed by atoms with Gasteiger partial charge in [0, 0.05) is 25.9 Å². The lowest BCUT2D eigenvalue weighted by Gasteiger charge is -2.30. The number of amides is 1. The molecule has 2 rings (SSSR count). The number of methoxy groups -OCH3 is 1. The summed E-state index contributed by atoms with van der Waals surface area (Å²) in [7, 11) is 3.15. The number of anilines is 1. The van der Waals surface area contributed by atoms with E-state index in [0.717, 1.165) is 15.2 Å². The van der Waals surface area contributed by atoms with Gasteiger partial charge < -0.3 is 15.0 Å². The van der Waals surface area contributed by atoms with Crippen molar-refractivity contribution in [3.05, 3.63) is 0 Å². The lowest BCUT2D eigenvalue weighted by Crippen LogP contribution is -2.45. The van der Waals surface area contributed by atoms with Crippen LogP contribution in [0, 0.1) is 0 Å². The molecule has 21 heavy (non-hydrogen) atoms. The average molecular weight is 348 g/mol. The highest BCUT2D eigenvalue weighted by molar-refractivity contribution is 8.01. The van der Waals surface area contributed by atoms with E-state index < -0.39 is 0 Å². The highest BCUT2D eigenvalue weighted by Gasteiger charge is 2.29. The van der Waals surface area contributed by atoms with E-state index in [1.54, 1.807) is 11.9 Å². The van der Waals surface area contributed by atoms with Crippen molar-refractivity contribution in [1.29, 1.82) is 0 Å². The van der Waals surface area contributed by atoms with Crippen molar-refractivity contribution in [3.8, 4) is 0 Å². The van der Waals surface area contributed by atoms with Crippen molar-refractivity contribution in [1.82, 2.24) is 15.1 Å². The van der Waals surface area contributed by atoms with E-state index in [1.807, 2.05) is 0 Å². The van der Waals surface area contributed by atoms with E-state index in [4.69, 9.17) is 4.74 Å². The molecule has 1 aliphatic heterocycles. The molecule has 1 aromatic rings. The number of hydrogen-bond acceptors (Lipinski definition) is 9. The van der Waals surface area contributed by atoms with Gasteiger partial charge in [0.2, 0.25) is 11.0 Å². The van der Waals surface area contributed by atoms with Gasteiger partial charge in [-0.05, 0) is 0 Å². The largest absolute Gasteiger partial charge is 0.468 e. The standard InChI is InChI=1S/C11H16N4O3S3/c1-12-10-13-14-11(21-10)20-6-8(16)15-3-4-19-7(5-15)9(17)18-2/h7H,3-6H2,1-2H3,(H,12,13)/t7-/m0/s1. The molecule has 1 aliphatic rings. The van der Waals surface area contributed by atoms with Crippen LogP contribution in [0.5, 0.6) is 0 Å². The van der Waals surface area contributed by atoms with Crippen LogP contribution in [0.25, 0.3) is 0 Å². The number of rotatable bonds is 5. The fourth-order valence-corrected chi connectivity index (χ4v) is 4.47. The van der Waals surface area contributed by atoms with Crippen LogP contribution in [-0.4, -0.2) is 71.0 Å². The van der Waals surface area contributed by atoms with Gasteiger partial charge in [-0.1, -0.05) is 23.1 Å². The topological polar surface area (TPSA) is 84.4 Å². The average Bonchev–Trinajstić information content (AvgIpc) is 3.00. The Morgan fingerprint density at radius 1 is 1.52 bits per heavy atom. The predicted octanol–water partition coefficient (Wildman–Crippen LogP) is 0.789. The third kappa shape index (κ3) is 4.48. The number of hydrogen-bond donors (Lipinski definition) is 1. The van der Waals surface area contributed by atoms with Gasteiger partial charge in [0.15, 0.2) is 4.34 Å². The summed E-state index contributed by atoms with van der Waals surface area (Å²) in [4.78, 5) is 25.4. The van der Waals surface area contributed by atoms with Gasteiger partial charge >= 0.3 is 5.97 Å². The molecular formula is C11H16N4O3S3. The Bertz CT molecular complexity index is 511. The molecular weight excluding hydrogens is 332 g/mol. The van der Waals surface area contributed by atoms with E-state index in [2.05, 4.69) is 15.5 Å². The molecule has 0 unspecified atom stereocenters. The molecule has 0 spiro atoms. The summed E-state index contributed by atoms with van der Waals surface area (Å²) < 4.78 is 5.49. The maximum absolute atomic E-state index is 12.2. The SMILES string of the molecule is CNc1nnc(SCC(=O)N2CCS[C@H](C(=O)OC)C2)s1. The van der Waals surface area contributed by atoms with Crippen molar-refractivity contribution in [2.45, 2.75) is 9.59 Å². The zero-order valence-electron chi connectivity index (χ0n) is 11.7. The molecule has 1 aromatic heterocycles. The Morgan fingerprint density at radius 3 is 3.00 bits per heavy atom. The van der Waals surface area contributed by atoms with Gasteiger partial charge in [-0.15, -0.1) is 22.0 Å². The zero-order valence-corrected chi connectivity index (χ0v) is 14.1. The van der Waals surface area contributed by atoms with Gasteiger partial charge in [0.05, 0.1) is 12.9 Å². The smallest absolute Gasteiger partial charge is 0.320 e. The molecule has 1 amide bonds. The number of ether oxygens (including phenoxy) is 1. The summed E-state index contributed by atoms with van der Waals surface area (Å²) in [5.41, 5.74) is 0. The zero-order chi connectivity index (χ0) is 15.2. The van der Waals surface area contributed by atoms with E-state index >= 15 is 0 Å². The van der Waals surface area contributed by atoms with Crippen LogP contribution in [0.2, 0.25) is 0 Å². The third-order valence-corrected chi connectivity index (χ3v) is 6.04. The second-order valence-corrected chi connectivity index (χ2v) is 7.64. The van der Waals surface area contributed by atoms with Gasteiger partial charge in [-0.25, -0.2) is 0 Å². The summed E-state index contributed by atoms with van der Waals surface area (Å²) in [6.45, 7) is 1.07. The maximum Gasteiger partial charge on any atom is 0.320 e. The van der Waals surface area contributed by atoms with Crippen molar-refractivity contribution < 1.29 is 14.3 Å². The lowest BCUT2D eigenvalue weighted by molar-refractivity contribution is -0.141. The predicted molar refractivity (Wildman–Crippen MR) is 85.0 cm³/mol. The van der Waals surface area contributed by atoms with Crippen LogP contribution in [0.4, 0.5) is 5.13 Å². The molecule has 116 valence electrons. The van der Waals surface area contributed by atoms with Crippen molar-refractivity contribution in [3.63, 3.8) is 0 Å². The van der Waals surface area contributed by atoms with Crippen molar-refractivity contribution in [2.75, 3.05) is 44.1 Å². The third-order valence-electron chi connectivity index (χ3n) is 2.82. The Balaban J connectivity index is 1.83. The van der Waals surface area contributed by atoms with Gasteiger partial charge in [-0.2, -0.15) is 0 Å². The number of thioether (sulfide) groups is 2. The molecule has 2 heterocycles. The molecule has 1 fully saturated rings. The Morgan fingerprint density at radius 2 is 2.33 bits per heavy atom. The number of carbonyl (C=O) groups excluding carboxylic acids is 2. The van der Waals surface area contributed by atoms with Gasteiger partial charge in [-0.3, -0.25) is 9.59 Å². The number of esters is 1. The molecule has 1 N–H and O–H groups in total. The fraction of sp³-hybridized carbons (Fsp3) is 0.636. The Kier molecular flexibility index (Phi) is 6.12. The summed E-state index contributed by atoms with van der Waals surface area (Å²) in [6.07, 6.45) is 0. The molecule has 10 heteroatoms. The van der Waals surface area contributed by atoms with Crippen LogP contribution in [0.3, 0.4) is 0 Å². The number of carbonyl (C=O) groups is 2. The summed E-state index contributed by atoms with van der Waals surface area (Å²) in [5.74, 6) is 0.791. The van der Waals surface area contributed by atoms with E-state index in [-0.39, 0.29) is 17.1 Å². The minimum atomic E-state index is -0.282. The van der Waals surface area contributed by atoms with Gasteiger partial charge in [0.25, 0.3) is 0 Å². The number of aromatic nitrogens is 2. The van der Waals surface area contributed by atoms with Crippen LogP contribution < -0.4 is 5.32 Å². The molecule has 7 nitrogen and oxygen atoms in total. The van der Waals surface area contributed by atoms with Crippen LogP contribution >= 0.6 is 34.9 Å². The molecule has 0 radical (unpaired) electrons. The van der Waals surface area contributed by atoms with E-state index in [1.165, 1.54) is 42.0 Å². The minimum absolute atomic E-state index is 0.00964. The second kappa shape index (κ2) is 7.85. The quantitative estimate of drug-likeness (QED) is 0.618. The fourth-order valence-electron chi connectivity index (χ4n) is 1.73. The molecule has 0 aliphatic carbocycles. The first-order valence-corrected chi connectivity index (χ1v) is 9.10. The first-order chi connectivity index (χ1) is 10.1. The molecule has 0 bridgehead atoms. The molecule has 1 atom stereocenters. The number of nitrogens with zero attached hydrogens (tertiary/aromatic N) is 3. The van der Waals surface area contributed by atoms with E-state index in [0.29, 0.717) is 18.8 Å². The first-order valence-electron chi connectivity index (χ1n) is 6.25. The second-order valence-electron chi connectivity index (χ2n) is 4.13. The number of nitrogens with one attached hydrogen (secondary N) is 1. The van der Waals surface area contributed by atoms with Crippen molar-refractivity contribution in [2.24, 2.45) is 0 Å². The minimum Gasteiger partial charge on any atom is -0.468 e. The Labute approximate surface area is 135 Å². The normalized spacial score (nSPS) is 18.4. The molecule has 1 saturated heterocycles. The van der Waals surface area contributed by atoms with Gasteiger partial charge in [0.1, 0.15) is 5.25 Å². The lowest BCUT2D eigenvalue weighted by atomic mass is 10.3. The van der Waals surface area contributed by atoms with E-state index in [9.17, 15) is 9.59 Å². The molecule has 0 saturated carbocycles. The van der Waals surface area contributed by atoms with Crippen molar-refractivity contribution >= 4 is 51.9 Å². The van der Waals surface area contributed by atoms with Crippen LogP contribution in [0.1, 0.15) is 0 Å². The maximum atomic E-state index is 12.2. The Hall–Kier alpha value is -1.00. The monoisotopic (exact) mass is 348 g/mol. The summed E-state index contributed by atoms with van der Waals surface area (Å²) in [6, 6.07) is 0. The summed E-state index contributed by atoms with van der Waals surface area (Å²) >= 11 is 4.31. The highest BCUT2D eigenvalue weighted by atomic mass is 32.2. The van der Waals surface area contributed by atoms with Crippen LogP contribution in [-0.2, 0) is 14.3 Å². The summed E-state index contributed by atoms with van der Waals surface area (Å²) in [5, 5.41) is 11.2. The highest BCUT2D eigenvalue weighted by Crippen LogP contribution is 2.26.